The van der Waals surface area contributed by atoms with Crippen molar-refractivity contribution in [3.63, 3.8) is 0 Å². The molecule has 96 valence electrons. The van der Waals surface area contributed by atoms with Crippen LogP contribution in [0, 0.1) is 5.41 Å². The molecule has 0 aromatic rings. The molecule has 2 aliphatic rings. The van der Waals surface area contributed by atoms with Crippen LogP contribution in [0.4, 0.5) is 0 Å². The lowest BCUT2D eigenvalue weighted by Gasteiger charge is -2.34. The van der Waals surface area contributed by atoms with Gasteiger partial charge in [0.2, 0.25) is 0 Å². The maximum atomic E-state index is 11.5. The topological polar surface area (TPSA) is 32.3 Å². The first-order valence-corrected chi connectivity index (χ1v) is 6.75. The molecule has 1 N–H and O–H groups in total. The molecule has 0 aromatic carbocycles. The minimum atomic E-state index is 0.224. The molecule has 3 nitrogen and oxygen atoms in total. The van der Waals surface area contributed by atoms with E-state index in [-0.39, 0.29) is 5.41 Å². The van der Waals surface area contributed by atoms with E-state index >= 15 is 0 Å². The molecule has 0 aromatic heterocycles. The van der Waals surface area contributed by atoms with Crippen LogP contribution in [0.25, 0.3) is 0 Å². The van der Waals surface area contributed by atoms with Gasteiger partial charge in [0.15, 0.2) is 5.78 Å². The van der Waals surface area contributed by atoms with Crippen molar-refractivity contribution in [2.75, 3.05) is 32.7 Å². The Morgan fingerprint density at radius 3 is 2.76 bits per heavy atom. The number of allylic oxidation sites excluding steroid dienone is 1. The number of carbonyl (C=O) groups is 1. The van der Waals surface area contributed by atoms with Crippen molar-refractivity contribution < 1.29 is 4.79 Å². The fourth-order valence-electron chi connectivity index (χ4n) is 2.68. The van der Waals surface area contributed by atoms with Crippen LogP contribution in [-0.4, -0.2) is 43.4 Å². The van der Waals surface area contributed by atoms with Gasteiger partial charge in [-0.05, 0) is 24.3 Å². The van der Waals surface area contributed by atoms with Crippen LogP contribution in [0.15, 0.2) is 11.6 Å². The Balaban J connectivity index is 1.90. The molecule has 1 aliphatic heterocycles. The van der Waals surface area contributed by atoms with Gasteiger partial charge in [-0.15, -0.1) is 0 Å². The molecular weight excluding hydrogens is 212 g/mol. The predicted octanol–water partition coefficient (Wildman–Crippen LogP) is 1.60. The van der Waals surface area contributed by atoms with Gasteiger partial charge in [0.25, 0.3) is 0 Å². The standard InChI is InChI=1S/C14H24N2O/c1-14(2)5-3-13(17)11-12(14)4-8-16-9-6-15-7-10-16/h11,15H,3-10H2,1-2H3. The summed E-state index contributed by atoms with van der Waals surface area (Å²) in [5.41, 5.74) is 1.58. The van der Waals surface area contributed by atoms with E-state index in [1.54, 1.807) is 0 Å². The molecule has 3 heteroatoms. The van der Waals surface area contributed by atoms with Gasteiger partial charge in [0.05, 0.1) is 0 Å². The minimum Gasteiger partial charge on any atom is -0.314 e. The molecule has 0 unspecified atom stereocenters. The fourth-order valence-corrected chi connectivity index (χ4v) is 2.68. The summed E-state index contributed by atoms with van der Waals surface area (Å²) in [7, 11) is 0. The Bertz CT molecular complexity index is 314. The van der Waals surface area contributed by atoms with Gasteiger partial charge in [0.1, 0.15) is 0 Å². The highest BCUT2D eigenvalue weighted by molar-refractivity contribution is 5.91. The number of nitrogens with one attached hydrogen (secondary N) is 1. The number of hydrogen-bond donors (Lipinski definition) is 1. The Morgan fingerprint density at radius 1 is 1.35 bits per heavy atom. The molecular formula is C14H24N2O. The van der Waals surface area contributed by atoms with Crippen LogP contribution in [0.1, 0.15) is 33.1 Å². The summed E-state index contributed by atoms with van der Waals surface area (Å²) in [5, 5.41) is 3.37. The molecule has 0 atom stereocenters. The maximum Gasteiger partial charge on any atom is 0.155 e. The summed E-state index contributed by atoms with van der Waals surface area (Å²) in [4.78, 5) is 14.0. The first-order chi connectivity index (χ1) is 8.08. The van der Waals surface area contributed by atoms with Crippen LogP contribution in [-0.2, 0) is 4.79 Å². The lowest BCUT2D eigenvalue weighted by molar-refractivity contribution is -0.115. The lowest BCUT2D eigenvalue weighted by atomic mass is 9.74. The average molecular weight is 236 g/mol. The molecule has 0 radical (unpaired) electrons. The monoisotopic (exact) mass is 236 g/mol. The van der Waals surface area contributed by atoms with Crippen molar-refractivity contribution >= 4 is 5.78 Å². The second-order valence-corrected chi connectivity index (χ2v) is 5.86. The van der Waals surface area contributed by atoms with E-state index in [0.717, 1.165) is 52.0 Å². The molecule has 1 aliphatic carbocycles. The number of rotatable bonds is 3. The molecule has 1 fully saturated rings. The van der Waals surface area contributed by atoms with Crippen LogP contribution in [0.3, 0.4) is 0 Å². The number of piperazine rings is 1. The molecule has 0 bridgehead atoms. The van der Waals surface area contributed by atoms with Gasteiger partial charge in [-0.1, -0.05) is 19.4 Å². The zero-order valence-electron chi connectivity index (χ0n) is 11.1. The molecule has 0 amide bonds. The Morgan fingerprint density at radius 2 is 2.06 bits per heavy atom. The summed E-state index contributed by atoms with van der Waals surface area (Å²) >= 11 is 0. The molecule has 0 saturated carbocycles. The van der Waals surface area contributed by atoms with E-state index in [2.05, 4.69) is 24.1 Å². The zero-order chi connectivity index (χ0) is 12.3. The number of carbonyl (C=O) groups excluding carboxylic acids is 1. The van der Waals surface area contributed by atoms with E-state index in [4.69, 9.17) is 0 Å². The third kappa shape index (κ3) is 3.39. The van der Waals surface area contributed by atoms with E-state index < -0.39 is 0 Å². The third-order valence-corrected chi connectivity index (χ3v) is 4.11. The van der Waals surface area contributed by atoms with E-state index in [0.29, 0.717) is 5.78 Å². The van der Waals surface area contributed by atoms with Gasteiger partial charge >= 0.3 is 0 Å². The number of hydrogen-bond acceptors (Lipinski definition) is 3. The van der Waals surface area contributed by atoms with Crippen molar-refractivity contribution in [2.24, 2.45) is 5.41 Å². The first kappa shape index (κ1) is 12.8. The van der Waals surface area contributed by atoms with Crippen LogP contribution in [0.5, 0.6) is 0 Å². The van der Waals surface area contributed by atoms with Gasteiger partial charge in [0, 0.05) is 39.1 Å². The van der Waals surface area contributed by atoms with Crippen molar-refractivity contribution in [3.05, 3.63) is 11.6 Å². The summed E-state index contributed by atoms with van der Waals surface area (Å²) in [6.45, 7) is 10.1. The lowest BCUT2D eigenvalue weighted by Crippen LogP contribution is -2.44. The number of nitrogens with zero attached hydrogens (tertiary/aromatic N) is 1. The highest BCUT2D eigenvalue weighted by Gasteiger charge is 2.28. The SMILES string of the molecule is CC1(C)CCC(=O)C=C1CCN1CCNCC1. The quantitative estimate of drug-likeness (QED) is 0.808. The number of ketones is 1. The van der Waals surface area contributed by atoms with Gasteiger partial charge in [-0.2, -0.15) is 0 Å². The van der Waals surface area contributed by atoms with Crippen molar-refractivity contribution in [2.45, 2.75) is 33.1 Å². The second-order valence-electron chi connectivity index (χ2n) is 5.86. The molecule has 1 saturated heterocycles. The zero-order valence-corrected chi connectivity index (χ0v) is 11.1. The van der Waals surface area contributed by atoms with Gasteiger partial charge in [-0.3, -0.25) is 4.79 Å². The first-order valence-electron chi connectivity index (χ1n) is 6.75. The van der Waals surface area contributed by atoms with Crippen LogP contribution >= 0.6 is 0 Å². The summed E-state index contributed by atoms with van der Waals surface area (Å²) in [6.07, 6.45) is 4.70. The maximum absolute atomic E-state index is 11.5. The molecule has 17 heavy (non-hydrogen) atoms. The fraction of sp³-hybridized carbons (Fsp3) is 0.786. The Hall–Kier alpha value is -0.670. The largest absolute Gasteiger partial charge is 0.314 e. The minimum absolute atomic E-state index is 0.224. The Labute approximate surface area is 104 Å². The van der Waals surface area contributed by atoms with Crippen molar-refractivity contribution in [1.82, 2.24) is 10.2 Å². The van der Waals surface area contributed by atoms with Gasteiger partial charge < -0.3 is 10.2 Å². The van der Waals surface area contributed by atoms with Crippen molar-refractivity contribution in [1.29, 1.82) is 0 Å². The van der Waals surface area contributed by atoms with Gasteiger partial charge in [-0.25, -0.2) is 0 Å². The van der Waals surface area contributed by atoms with Crippen LogP contribution < -0.4 is 5.32 Å². The summed E-state index contributed by atoms with van der Waals surface area (Å²) in [6, 6.07) is 0. The summed E-state index contributed by atoms with van der Waals surface area (Å²) < 4.78 is 0. The van der Waals surface area contributed by atoms with E-state index in [1.807, 2.05) is 6.08 Å². The molecule has 0 spiro atoms. The van der Waals surface area contributed by atoms with Crippen molar-refractivity contribution in [3.8, 4) is 0 Å². The Kier molecular flexibility index (Phi) is 4.00. The highest BCUT2D eigenvalue weighted by Crippen LogP contribution is 2.37. The smallest absolute Gasteiger partial charge is 0.155 e. The highest BCUT2D eigenvalue weighted by atomic mass is 16.1. The molecule has 2 rings (SSSR count). The molecule has 1 heterocycles. The second kappa shape index (κ2) is 5.32. The van der Waals surface area contributed by atoms with E-state index in [1.165, 1.54) is 5.57 Å². The predicted molar refractivity (Wildman–Crippen MR) is 70.0 cm³/mol. The average Bonchev–Trinajstić information content (AvgIpc) is 2.32. The third-order valence-electron chi connectivity index (χ3n) is 4.11. The summed E-state index contributed by atoms with van der Waals surface area (Å²) in [5.74, 6) is 0.319. The normalized spacial score (nSPS) is 25.8. The van der Waals surface area contributed by atoms with E-state index in [9.17, 15) is 4.79 Å². The van der Waals surface area contributed by atoms with Crippen LogP contribution in [0.2, 0.25) is 0 Å².